The van der Waals surface area contributed by atoms with Crippen molar-refractivity contribution in [2.45, 2.75) is 26.8 Å². The first kappa shape index (κ1) is 17.9. The first-order valence-electron chi connectivity index (χ1n) is 7.12. The van der Waals surface area contributed by atoms with Gasteiger partial charge in [0.15, 0.2) is 0 Å². The molecule has 0 radical (unpaired) electrons. The van der Waals surface area contributed by atoms with Gasteiger partial charge in [0.05, 0.1) is 12.6 Å². The molecule has 0 heterocycles. The molecule has 0 saturated carbocycles. The van der Waals surface area contributed by atoms with Crippen LogP contribution in [-0.4, -0.2) is 36.6 Å². The van der Waals surface area contributed by atoms with Crippen molar-refractivity contribution in [3.05, 3.63) is 42.5 Å². The van der Waals surface area contributed by atoms with Crippen molar-refractivity contribution in [1.82, 2.24) is 5.32 Å². The first-order chi connectivity index (χ1) is 10.2. The van der Waals surface area contributed by atoms with Crippen molar-refractivity contribution in [2.75, 3.05) is 18.6 Å². The number of likely N-dealkylation sites (N-methyl/N-ethyl adjacent to an activating group) is 1. The number of hydrogen-bond donors (Lipinski definition) is 2. The molecule has 0 saturated heterocycles. The quantitative estimate of drug-likeness (QED) is 0.817. The summed E-state index contributed by atoms with van der Waals surface area (Å²) in [7, 11) is 1.64. The lowest BCUT2D eigenvalue weighted by Crippen LogP contribution is -2.46. The number of rotatable bonds is 5. The van der Waals surface area contributed by atoms with E-state index in [2.05, 4.69) is 11.9 Å². The number of amides is 2. The minimum absolute atomic E-state index is 0.121. The summed E-state index contributed by atoms with van der Waals surface area (Å²) in [6.07, 6.45) is 1.23. The maximum atomic E-state index is 12.2. The van der Waals surface area contributed by atoms with Crippen molar-refractivity contribution < 1.29 is 14.7 Å². The largest absolute Gasteiger partial charge is 0.394 e. The van der Waals surface area contributed by atoms with Gasteiger partial charge in [-0.1, -0.05) is 27.4 Å². The molecule has 2 N–H and O–H groups in total. The average molecular weight is 304 g/mol. The summed E-state index contributed by atoms with van der Waals surface area (Å²) in [5, 5.41) is 12.2. The minimum Gasteiger partial charge on any atom is -0.394 e. The number of aliphatic hydroxyl groups is 1. The number of carbonyl (C=O) groups excluding carboxylic acids is 2. The molecule has 0 unspecified atom stereocenters. The van der Waals surface area contributed by atoms with Gasteiger partial charge < -0.3 is 15.3 Å². The number of nitrogens with one attached hydrogen (secondary N) is 1. The molecule has 1 aromatic rings. The molecular formula is C17H24N2O3. The van der Waals surface area contributed by atoms with Gasteiger partial charge in [0.2, 0.25) is 5.91 Å². The zero-order valence-corrected chi connectivity index (χ0v) is 13.6. The Morgan fingerprint density at radius 2 is 1.86 bits per heavy atom. The number of hydrogen-bond acceptors (Lipinski definition) is 3. The summed E-state index contributed by atoms with van der Waals surface area (Å²) in [5.41, 5.74) is 0.919. The van der Waals surface area contributed by atoms with E-state index in [1.165, 1.54) is 11.0 Å². The topological polar surface area (TPSA) is 69.6 Å². The van der Waals surface area contributed by atoms with Crippen LogP contribution in [0.1, 0.15) is 31.1 Å². The summed E-state index contributed by atoms with van der Waals surface area (Å²) < 4.78 is 0. The normalized spacial score (nSPS) is 12.4. The fourth-order valence-electron chi connectivity index (χ4n) is 1.88. The minimum atomic E-state index is -0.329. The first-order valence-corrected chi connectivity index (χ1v) is 7.12. The van der Waals surface area contributed by atoms with Gasteiger partial charge in [-0.3, -0.25) is 9.59 Å². The highest BCUT2D eigenvalue weighted by molar-refractivity contribution is 6.01. The molecule has 0 bridgehead atoms. The summed E-state index contributed by atoms with van der Waals surface area (Å²) in [6, 6.07) is 6.36. The van der Waals surface area contributed by atoms with Gasteiger partial charge in [-0.25, -0.2) is 0 Å². The van der Waals surface area contributed by atoms with Gasteiger partial charge in [-0.15, -0.1) is 0 Å². The van der Waals surface area contributed by atoms with Crippen LogP contribution in [0.5, 0.6) is 0 Å². The van der Waals surface area contributed by atoms with Gasteiger partial charge in [-0.2, -0.15) is 0 Å². The van der Waals surface area contributed by atoms with E-state index in [0.29, 0.717) is 11.3 Å². The molecule has 1 aromatic carbocycles. The lowest BCUT2D eigenvalue weighted by atomic mass is 9.87. The summed E-state index contributed by atoms with van der Waals surface area (Å²) >= 11 is 0. The van der Waals surface area contributed by atoms with Crippen LogP contribution in [-0.2, 0) is 4.79 Å². The predicted octanol–water partition coefficient (Wildman–Crippen LogP) is 1.97. The average Bonchev–Trinajstić information content (AvgIpc) is 2.49. The maximum Gasteiger partial charge on any atom is 0.251 e. The molecule has 0 aliphatic rings. The zero-order chi connectivity index (χ0) is 16.9. The van der Waals surface area contributed by atoms with Crippen LogP contribution in [0.15, 0.2) is 36.9 Å². The van der Waals surface area contributed by atoms with E-state index >= 15 is 0 Å². The molecule has 0 aromatic heterocycles. The van der Waals surface area contributed by atoms with Crippen LogP contribution >= 0.6 is 0 Å². The van der Waals surface area contributed by atoms with Crippen molar-refractivity contribution in [1.29, 1.82) is 0 Å². The molecular weight excluding hydrogens is 280 g/mol. The lowest BCUT2D eigenvalue weighted by Gasteiger charge is -2.29. The lowest BCUT2D eigenvalue weighted by molar-refractivity contribution is -0.113. The van der Waals surface area contributed by atoms with Crippen molar-refractivity contribution in [2.24, 2.45) is 5.41 Å². The summed E-state index contributed by atoms with van der Waals surface area (Å²) in [4.78, 5) is 25.2. The van der Waals surface area contributed by atoms with E-state index < -0.39 is 0 Å². The highest BCUT2D eigenvalue weighted by Gasteiger charge is 2.25. The molecule has 5 nitrogen and oxygen atoms in total. The smallest absolute Gasteiger partial charge is 0.251 e. The highest BCUT2D eigenvalue weighted by atomic mass is 16.3. The Morgan fingerprint density at radius 3 is 2.27 bits per heavy atom. The van der Waals surface area contributed by atoms with E-state index in [0.717, 1.165) is 0 Å². The Morgan fingerprint density at radius 1 is 1.32 bits per heavy atom. The van der Waals surface area contributed by atoms with Gasteiger partial charge >= 0.3 is 0 Å². The zero-order valence-electron chi connectivity index (χ0n) is 13.6. The van der Waals surface area contributed by atoms with E-state index in [4.69, 9.17) is 0 Å². The van der Waals surface area contributed by atoms with Gasteiger partial charge in [0, 0.05) is 18.3 Å². The standard InChI is InChI=1S/C17H24N2O3/c1-6-15(21)19(5)13-9-7-12(8-10-13)16(22)18-14(11-20)17(2,3)4/h6-10,14,20H,1,11H2,2-5H3,(H,18,22)/t14-/m1/s1. The SMILES string of the molecule is C=CC(=O)N(C)c1ccc(C(=O)N[C@H](CO)C(C)(C)C)cc1. The van der Waals surface area contributed by atoms with Gasteiger partial charge in [-0.05, 0) is 35.8 Å². The number of aliphatic hydroxyl groups excluding tert-OH is 1. The third kappa shape index (κ3) is 4.43. The van der Waals surface area contributed by atoms with Crippen LogP contribution in [0.2, 0.25) is 0 Å². The van der Waals surface area contributed by atoms with Gasteiger partial charge in [0.25, 0.3) is 5.91 Å². The third-order valence-corrected chi connectivity index (χ3v) is 3.56. The van der Waals surface area contributed by atoms with E-state index in [1.54, 1.807) is 31.3 Å². The predicted molar refractivity (Wildman–Crippen MR) is 87.8 cm³/mol. The van der Waals surface area contributed by atoms with Crippen molar-refractivity contribution >= 4 is 17.5 Å². The van der Waals surface area contributed by atoms with Crippen LogP contribution in [0, 0.1) is 5.41 Å². The van der Waals surface area contributed by atoms with Crippen LogP contribution in [0.25, 0.3) is 0 Å². The molecule has 22 heavy (non-hydrogen) atoms. The molecule has 2 amide bonds. The molecule has 0 aliphatic carbocycles. The summed E-state index contributed by atoms with van der Waals surface area (Å²) in [5.74, 6) is -0.469. The maximum absolute atomic E-state index is 12.2. The monoisotopic (exact) mass is 304 g/mol. The Kier molecular flexibility index (Phi) is 5.88. The van der Waals surface area contributed by atoms with Crippen molar-refractivity contribution in [3.8, 4) is 0 Å². The molecule has 1 rings (SSSR count). The third-order valence-electron chi connectivity index (χ3n) is 3.56. The van der Waals surface area contributed by atoms with Crippen LogP contribution < -0.4 is 10.2 Å². The Labute approximate surface area is 131 Å². The second-order valence-electron chi connectivity index (χ2n) is 6.22. The second kappa shape index (κ2) is 7.22. The molecule has 5 heteroatoms. The van der Waals surface area contributed by atoms with E-state index in [-0.39, 0.29) is 29.9 Å². The summed E-state index contributed by atoms with van der Waals surface area (Å²) in [6.45, 7) is 9.17. The molecule has 120 valence electrons. The number of benzene rings is 1. The molecule has 0 fully saturated rings. The van der Waals surface area contributed by atoms with Crippen LogP contribution in [0.3, 0.4) is 0 Å². The number of carbonyl (C=O) groups is 2. The molecule has 0 aliphatic heterocycles. The van der Waals surface area contributed by atoms with Crippen LogP contribution in [0.4, 0.5) is 5.69 Å². The number of nitrogens with zero attached hydrogens (tertiary/aromatic N) is 1. The fraction of sp³-hybridized carbons (Fsp3) is 0.412. The number of anilines is 1. The second-order valence-corrected chi connectivity index (χ2v) is 6.22. The highest BCUT2D eigenvalue weighted by Crippen LogP contribution is 2.20. The molecule has 1 atom stereocenters. The fourth-order valence-corrected chi connectivity index (χ4v) is 1.88. The molecule has 0 spiro atoms. The Balaban J connectivity index is 2.84. The van der Waals surface area contributed by atoms with Crippen molar-refractivity contribution in [3.63, 3.8) is 0 Å². The van der Waals surface area contributed by atoms with Gasteiger partial charge in [0.1, 0.15) is 0 Å². The Hall–Kier alpha value is -2.14. The van der Waals surface area contributed by atoms with E-state index in [9.17, 15) is 14.7 Å². The Bertz CT molecular complexity index is 544. The van der Waals surface area contributed by atoms with E-state index in [1.807, 2.05) is 20.8 Å².